The number of carbonyl (C=O) groups excluding carboxylic acids is 2. The van der Waals surface area contributed by atoms with Gasteiger partial charge in [-0.15, -0.1) is 0 Å². The van der Waals surface area contributed by atoms with Gasteiger partial charge in [-0.05, 0) is 64.8 Å². The molecule has 0 saturated carbocycles. The monoisotopic (exact) mass is 461 g/mol. The fourth-order valence-corrected chi connectivity index (χ4v) is 2.87. The van der Waals surface area contributed by atoms with E-state index in [1.807, 2.05) is 0 Å². The molecule has 0 bridgehead atoms. The highest BCUT2D eigenvalue weighted by Gasteiger charge is 2.38. The topological polar surface area (TPSA) is 105 Å². The molecule has 0 amide bonds. The van der Waals surface area contributed by atoms with Crippen molar-refractivity contribution in [1.29, 1.82) is 0 Å². The lowest BCUT2D eigenvalue weighted by molar-refractivity contribution is -0.388. The van der Waals surface area contributed by atoms with E-state index >= 15 is 0 Å². The van der Waals surface area contributed by atoms with Crippen LogP contribution >= 0.6 is 0 Å². The van der Waals surface area contributed by atoms with Crippen molar-refractivity contribution in [2.45, 2.75) is 65.3 Å². The summed E-state index contributed by atoms with van der Waals surface area (Å²) in [6.45, 7) is 9.59. The third-order valence-corrected chi connectivity index (χ3v) is 4.09. The molecule has 0 spiro atoms. The van der Waals surface area contributed by atoms with Gasteiger partial charge in [-0.3, -0.25) is 19.7 Å². The van der Waals surface area contributed by atoms with Crippen LogP contribution in [-0.4, -0.2) is 28.1 Å². The molecule has 0 fully saturated rings. The van der Waals surface area contributed by atoms with Crippen LogP contribution in [0.2, 0.25) is 0 Å². The third kappa shape index (κ3) is 7.55. The summed E-state index contributed by atoms with van der Waals surface area (Å²) >= 11 is 0. The maximum absolute atomic E-state index is 14.8. The van der Waals surface area contributed by atoms with Crippen molar-refractivity contribution in [2.75, 3.05) is 0 Å². The summed E-state index contributed by atoms with van der Waals surface area (Å²) in [5.74, 6) is -5.29. The van der Waals surface area contributed by atoms with Crippen LogP contribution in [0.3, 0.4) is 0 Å². The summed E-state index contributed by atoms with van der Waals surface area (Å²) in [6, 6.07) is 10.6. The van der Waals surface area contributed by atoms with E-state index in [0.29, 0.717) is 5.56 Å². The highest BCUT2D eigenvalue weighted by Crippen LogP contribution is 2.36. The van der Waals surface area contributed by atoms with Gasteiger partial charge in [-0.2, -0.15) is 4.39 Å². The fraction of sp³-hybridized carbons (Fsp3) is 0.417. The van der Waals surface area contributed by atoms with Gasteiger partial charge in [0, 0.05) is 0 Å². The van der Waals surface area contributed by atoms with Gasteiger partial charge >= 0.3 is 17.6 Å². The molecular weight excluding hydrogens is 433 g/mol. The number of esters is 2. The van der Waals surface area contributed by atoms with Crippen LogP contribution in [0.1, 0.15) is 58.6 Å². The molecule has 2 aromatic rings. The Morgan fingerprint density at radius 3 is 1.94 bits per heavy atom. The lowest BCUT2D eigenvalue weighted by atomic mass is 9.97. The second-order valence-corrected chi connectivity index (χ2v) is 9.38. The zero-order chi connectivity index (χ0) is 25.0. The predicted molar refractivity (Wildman–Crippen MR) is 118 cm³/mol. The van der Waals surface area contributed by atoms with Gasteiger partial charge < -0.3 is 14.2 Å². The summed E-state index contributed by atoms with van der Waals surface area (Å²) in [5, 5.41) is 11.5. The molecule has 0 aliphatic heterocycles. The second kappa shape index (κ2) is 9.97. The first-order chi connectivity index (χ1) is 15.2. The highest BCUT2D eigenvalue weighted by atomic mass is 19.1. The minimum atomic E-state index is -1.67. The van der Waals surface area contributed by atoms with Crippen molar-refractivity contribution >= 4 is 17.6 Å². The number of rotatable bonds is 7. The van der Waals surface area contributed by atoms with Crippen molar-refractivity contribution in [3.63, 3.8) is 0 Å². The van der Waals surface area contributed by atoms with Crippen LogP contribution in [0.5, 0.6) is 5.75 Å². The van der Waals surface area contributed by atoms with E-state index in [-0.39, 0.29) is 12.2 Å². The van der Waals surface area contributed by atoms with Crippen molar-refractivity contribution in [1.82, 2.24) is 0 Å². The third-order valence-electron chi connectivity index (χ3n) is 4.09. The van der Waals surface area contributed by atoms with Gasteiger partial charge in [-0.1, -0.05) is 30.3 Å². The molecule has 0 saturated heterocycles. The molecule has 0 atom stereocenters. The van der Waals surface area contributed by atoms with E-state index in [2.05, 4.69) is 0 Å². The normalized spacial score (nSPS) is 11.8. The molecule has 2 rings (SSSR count). The molecule has 8 nitrogen and oxygen atoms in total. The van der Waals surface area contributed by atoms with Crippen molar-refractivity contribution in [3.05, 3.63) is 69.5 Å². The first kappa shape index (κ1) is 25.8. The zero-order valence-corrected chi connectivity index (χ0v) is 19.5. The van der Waals surface area contributed by atoms with Crippen LogP contribution in [0, 0.1) is 15.9 Å². The standard InChI is InChI=1S/C24H28FNO7/c1-23(2,3)32-21(27)19(22(28)33-24(4,5)6)16-12-17(25)20(26(29)30)18(13-16)31-14-15-10-8-7-9-11-15/h7-13,19H,14H2,1-6H3. The van der Waals surface area contributed by atoms with Crippen molar-refractivity contribution in [2.24, 2.45) is 0 Å². The minimum Gasteiger partial charge on any atom is -0.482 e. The van der Waals surface area contributed by atoms with Crippen LogP contribution in [0.15, 0.2) is 42.5 Å². The number of benzene rings is 2. The quantitative estimate of drug-likeness (QED) is 0.245. The van der Waals surface area contributed by atoms with Crippen LogP contribution in [-0.2, 0) is 25.7 Å². The smallest absolute Gasteiger partial charge is 0.346 e. The van der Waals surface area contributed by atoms with E-state index in [0.717, 1.165) is 12.1 Å². The van der Waals surface area contributed by atoms with E-state index in [4.69, 9.17) is 14.2 Å². The first-order valence-corrected chi connectivity index (χ1v) is 10.3. The Balaban J connectivity index is 2.54. The number of hydrogen-bond acceptors (Lipinski definition) is 7. The summed E-state index contributed by atoms with van der Waals surface area (Å²) in [4.78, 5) is 36.3. The van der Waals surface area contributed by atoms with Crippen LogP contribution in [0.25, 0.3) is 0 Å². The lowest BCUT2D eigenvalue weighted by Gasteiger charge is -2.26. The van der Waals surface area contributed by atoms with Crippen molar-refractivity contribution < 1.29 is 33.1 Å². The molecule has 0 aliphatic rings. The number of nitro benzene ring substituents is 1. The number of nitro groups is 1. The maximum Gasteiger partial charge on any atom is 0.346 e. The average molecular weight is 461 g/mol. The molecule has 0 radical (unpaired) electrons. The van der Waals surface area contributed by atoms with E-state index in [1.165, 1.54) is 0 Å². The summed E-state index contributed by atoms with van der Waals surface area (Å²) in [7, 11) is 0. The van der Waals surface area contributed by atoms with Gasteiger partial charge in [0.1, 0.15) is 17.8 Å². The largest absolute Gasteiger partial charge is 0.482 e. The van der Waals surface area contributed by atoms with Gasteiger partial charge in [-0.25, -0.2) is 0 Å². The molecule has 0 aromatic heterocycles. The molecule has 0 heterocycles. The number of carbonyl (C=O) groups is 2. The van der Waals surface area contributed by atoms with Gasteiger partial charge in [0.2, 0.25) is 11.6 Å². The molecule has 33 heavy (non-hydrogen) atoms. The van der Waals surface area contributed by atoms with Gasteiger partial charge in [0.25, 0.3) is 0 Å². The number of halogens is 1. The van der Waals surface area contributed by atoms with Crippen molar-refractivity contribution in [3.8, 4) is 5.75 Å². The lowest BCUT2D eigenvalue weighted by Crippen LogP contribution is -2.35. The Labute approximate surface area is 191 Å². The van der Waals surface area contributed by atoms with E-state index in [1.54, 1.807) is 71.9 Å². The number of nitrogens with zero attached hydrogens (tertiary/aromatic N) is 1. The fourth-order valence-electron chi connectivity index (χ4n) is 2.87. The number of hydrogen-bond donors (Lipinski definition) is 0. The molecule has 2 aromatic carbocycles. The molecule has 0 aliphatic carbocycles. The molecule has 0 unspecified atom stereocenters. The van der Waals surface area contributed by atoms with Gasteiger partial charge in [0.15, 0.2) is 5.92 Å². The molecular formula is C24H28FNO7. The second-order valence-electron chi connectivity index (χ2n) is 9.38. The van der Waals surface area contributed by atoms with Crippen LogP contribution in [0.4, 0.5) is 10.1 Å². The molecule has 0 N–H and O–H groups in total. The first-order valence-electron chi connectivity index (χ1n) is 10.3. The number of ether oxygens (including phenoxy) is 3. The van der Waals surface area contributed by atoms with Gasteiger partial charge in [0.05, 0.1) is 4.92 Å². The zero-order valence-electron chi connectivity index (χ0n) is 19.5. The molecule has 178 valence electrons. The van der Waals surface area contributed by atoms with E-state index in [9.17, 15) is 24.1 Å². The minimum absolute atomic E-state index is 0.0892. The Morgan fingerprint density at radius 2 is 1.48 bits per heavy atom. The summed E-state index contributed by atoms with van der Waals surface area (Å²) in [5.41, 5.74) is -2.27. The molecule has 9 heteroatoms. The Kier molecular flexibility index (Phi) is 7.79. The Morgan fingerprint density at radius 1 is 0.970 bits per heavy atom. The summed E-state index contributed by atoms with van der Waals surface area (Å²) in [6.07, 6.45) is 0. The Bertz CT molecular complexity index is 996. The predicted octanol–water partition coefficient (Wildman–Crippen LogP) is 5.08. The maximum atomic E-state index is 14.8. The highest BCUT2D eigenvalue weighted by molar-refractivity contribution is 6.01. The Hall–Kier alpha value is -3.49. The van der Waals surface area contributed by atoms with E-state index < -0.39 is 51.2 Å². The van der Waals surface area contributed by atoms with Crippen LogP contribution < -0.4 is 4.74 Å². The summed E-state index contributed by atoms with van der Waals surface area (Å²) < 4.78 is 31.0. The average Bonchev–Trinajstić information content (AvgIpc) is 2.63. The SMILES string of the molecule is CC(C)(C)OC(=O)C(C(=O)OC(C)(C)C)c1cc(F)c([N+](=O)[O-])c(OCc2ccccc2)c1.